The molecule has 0 spiro atoms. The molecule has 1 aliphatic rings. The summed E-state index contributed by atoms with van der Waals surface area (Å²) >= 11 is 0. The lowest BCUT2D eigenvalue weighted by atomic mass is 9.94. The van der Waals surface area contributed by atoms with E-state index in [1.165, 1.54) is 11.3 Å². The van der Waals surface area contributed by atoms with Crippen molar-refractivity contribution < 1.29 is 5.11 Å². The predicted molar refractivity (Wildman–Crippen MR) is 67.7 cm³/mol. The van der Waals surface area contributed by atoms with Gasteiger partial charge < -0.3 is 10.4 Å². The molecule has 0 aromatic heterocycles. The molecule has 88 valence electrons. The Morgan fingerprint density at radius 3 is 3.00 bits per heavy atom. The lowest BCUT2D eigenvalue weighted by Crippen LogP contribution is -2.06. The molecule has 1 aromatic rings. The number of hydrogen-bond donors (Lipinski definition) is 2. The van der Waals surface area contributed by atoms with Crippen molar-refractivity contribution in [3.05, 3.63) is 29.3 Å². The second-order valence-corrected chi connectivity index (χ2v) is 4.82. The average Bonchev–Trinajstić information content (AvgIpc) is 2.76. The third-order valence-electron chi connectivity index (χ3n) is 3.56. The number of rotatable bonds is 4. The normalized spacial score (nSPS) is 17.7. The largest absolute Gasteiger partial charge is 0.388 e. The first kappa shape index (κ1) is 11.5. The molecule has 1 aliphatic heterocycles. The first-order valence-corrected chi connectivity index (χ1v) is 6.26. The van der Waals surface area contributed by atoms with Crippen LogP contribution in [0.3, 0.4) is 0 Å². The first-order chi connectivity index (χ1) is 7.72. The minimum Gasteiger partial charge on any atom is -0.388 e. The molecule has 2 nitrogen and oxygen atoms in total. The molecule has 2 unspecified atom stereocenters. The minimum atomic E-state index is -0.324. The fraction of sp³-hybridized carbons (Fsp3) is 0.571. The second kappa shape index (κ2) is 4.88. The lowest BCUT2D eigenvalue weighted by molar-refractivity contribution is 0.147. The van der Waals surface area contributed by atoms with Crippen LogP contribution in [0, 0.1) is 5.92 Å². The molecule has 2 heteroatoms. The molecule has 0 fully saturated rings. The highest BCUT2D eigenvalue weighted by atomic mass is 16.3. The number of aliphatic hydroxyl groups is 1. The maximum atomic E-state index is 10.2. The van der Waals surface area contributed by atoms with Gasteiger partial charge in [-0.25, -0.2) is 0 Å². The molecule has 0 bridgehead atoms. The van der Waals surface area contributed by atoms with Crippen LogP contribution in [0.2, 0.25) is 0 Å². The molecule has 0 saturated heterocycles. The smallest absolute Gasteiger partial charge is 0.0812 e. The summed E-state index contributed by atoms with van der Waals surface area (Å²) in [7, 11) is 0. The molecule has 0 saturated carbocycles. The zero-order chi connectivity index (χ0) is 11.5. The topological polar surface area (TPSA) is 32.3 Å². The number of benzene rings is 1. The van der Waals surface area contributed by atoms with Crippen LogP contribution in [0.1, 0.15) is 43.9 Å². The highest BCUT2D eigenvalue weighted by Gasteiger charge is 2.19. The van der Waals surface area contributed by atoms with Gasteiger partial charge in [-0.15, -0.1) is 0 Å². The molecule has 2 rings (SSSR count). The zero-order valence-electron chi connectivity index (χ0n) is 10.2. The molecule has 0 aliphatic carbocycles. The standard InChI is InChI=1S/C14H21NO/c1-3-10(2)9-13(16)12-6-4-5-11-7-8-15-14(11)12/h4-6,10,13,15-16H,3,7-9H2,1-2H3. The third-order valence-corrected chi connectivity index (χ3v) is 3.56. The Hall–Kier alpha value is -1.02. The van der Waals surface area contributed by atoms with Crippen LogP contribution in [-0.4, -0.2) is 11.7 Å². The lowest BCUT2D eigenvalue weighted by Gasteiger charge is -2.18. The summed E-state index contributed by atoms with van der Waals surface area (Å²) in [6.07, 6.45) is 2.74. The zero-order valence-corrected chi connectivity index (χ0v) is 10.2. The van der Waals surface area contributed by atoms with E-state index in [4.69, 9.17) is 0 Å². The fourth-order valence-electron chi connectivity index (χ4n) is 2.32. The third kappa shape index (κ3) is 2.22. The van der Waals surface area contributed by atoms with Crippen molar-refractivity contribution in [1.82, 2.24) is 0 Å². The van der Waals surface area contributed by atoms with Crippen molar-refractivity contribution in [2.75, 3.05) is 11.9 Å². The van der Waals surface area contributed by atoms with Crippen LogP contribution in [-0.2, 0) is 6.42 Å². The highest BCUT2D eigenvalue weighted by molar-refractivity contribution is 5.61. The van der Waals surface area contributed by atoms with Gasteiger partial charge in [-0.3, -0.25) is 0 Å². The van der Waals surface area contributed by atoms with E-state index in [0.717, 1.165) is 31.4 Å². The summed E-state index contributed by atoms with van der Waals surface area (Å²) in [6, 6.07) is 6.25. The van der Waals surface area contributed by atoms with E-state index < -0.39 is 0 Å². The Morgan fingerprint density at radius 1 is 1.44 bits per heavy atom. The number of anilines is 1. The van der Waals surface area contributed by atoms with Crippen LogP contribution in [0.4, 0.5) is 5.69 Å². The van der Waals surface area contributed by atoms with Gasteiger partial charge in [-0.05, 0) is 24.3 Å². The van der Waals surface area contributed by atoms with Gasteiger partial charge in [0, 0.05) is 17.8 Å². The quantitative estimate of drug-likeness (QED) is 0.815. The molecule has 1 heterocycles. The van der Waals surface area contributed by atoms with E-state index in [1.807, 2.05) is 6.07 Å². The summed E-state index contributed by atoms with van der Waals surface area (Å²) in [5.41, 5.74) is 3.61. The van der Waals surface area contributed by atoms with E-state index >= 15 is 0 Å². The van der Waals surface area contributed by atoms with Crippen molar-refractivity contribution in [3.63, 3.8) is 0 Å². The van der Waals surface area contributed by atoms with Crippen molar-refractivity contribution in [3.8, 4) is 0 Å². The summed E-state index contributed by atoms with van der Waals surface area (Å²) in [6.45, 7) is 5.37. The van der Waals surface area contributed by atoms with Crippen LogP contribution >= 0.6 is 0 Å². The molecular weight excluding hydrogens is 198 g/mol. The van der Waals surface area contributed by atoms with Gasteiger partial charge in [0.25, 0.3) is 0 Å². The molecule has 0 radical (unpaired) electrons. The van der Waals surface area contributed by atoms with Crippen molar-refractivity contribution in [1.29, 1.82) is 0 Å². The fourth-order valence-corrected chi connectivity index (χ4v) is 2.32. The van der Waals surface area contributed by atoms with Gasteiger partial charge in [0.2, 0.25) is 0 Å². The molecule has 0 amide bonds. The van der Waals surface area contributed by atoms with Crippen molar-refractivity contribution in [2.45, 2.75) is 39.2 Å². The average molecular weight is 219 g/mol. The van der Waals surface area contributed by atoms with Gasteiger partial charge >= 0.3 is 0 Å². The summed E-state index contributed by atoms with van der Waals surface area (Å²) < 4.78 is 0. The highest BCUT2D eigenvalue weighted by Crippen LogP contribution is 2.33. The molecule has 2 N–H and O–H groups in total. The first-order valence-electron chi connectivity index (χ1n) is 6.26. The maximum absolute atomic E-state index is 10.2. The Morgan fingerprint density at radius 2 is 2.25 bits per heavy atom. The summed E-state index contributed by atoms with van der Waals surface area (Å²) in [5, 5.41) is 13.6. The van der Waals surface area contributed by atoms with Gasteiger partial charge in [-0.1, -0.05) is 38.5 Å². The Kier molecular flexibility index (Phi) is 3.49. The monoisotopic (exact) mass is 219 g/mol. The van der Waals surface area contributed by atoms with E-state index in [2.05, 4.69) is 31.3 Å². The number of hydrogen-bond acceptors (Lipinski definition) is 2. The molecule has 1 aromatic carbocycles. The number of para-hydroxylation sites is 1. The molecule has 2 atom stereocenters. The van der Waals surface area contributed by atoms with E-state index in [-0.39, 0.29) is 6.10 Å². The van der Waals surface area contributed by atoms with Crippen LogP contribution in [0.15, 0.2) is 18.2 Å². The van der Waals surface area contributed by atoms with Crippen LogP contribution in [0.5, 0.6) is 0 Å². The van der Waals surface area contributed by atoms with E-state index in [0.29, 0.717) is 5.92 Å². The van der Waals surface area contributed by atoms with Crippen LogP contribution < -0.4 is 5.32 Å². The van der Waals surface area contributed by atoms with E-state index in [1.54, 1.807) is 0 Å². The van der Waals surface area contributed by atoms with Crippen LogP contribution in [0.25, 0.3) is 0 Å². The summed E-state index contributed by atoms with van der Waals surface area (Å²) in [5.74, 6) is 0.576. The molecular formula is C14H21NO. The summed E-state index contributed by atoms with van der Waals surface area (Å²) in [4.78, 5) is 0. The van der Waals surface area contributed by atoms with Gasteiger partial charge in [0.15, 0.2) is 0 Å². The number of nitrogens with one attached hydrogen (secondary N) is 1. The molecule has 16 heavy (non-hydrogen) atoms. The Bertz CT molecular complexity index is 362. The van der Waals surface area contributed by atoms with Gasteiger partial charge in [-0.2, -0.15) is 0 Å². The Balaban J connectivity index is 2.17. The van der Waals surface area contributed by atoms with Gasteiger partial charge in [0.05, 0.1) is 6.10 Å². The number of fused-ring (bicyclic) bond motifs is 1. The van der Waals surface area contributed by atoms with Crippen molar-refractivity contribution in [2.24, 2.45) is 5.92 Å². The second-order valence-electron chi connectivity index (χ2n) is 4.82. The predicted octanol–water partition coefficient (Wildman–Crippen LogP) is 3.12. The van der Waals surface area contributed by atoms with E-state index in [9.17, 15) is 5.11 Å². The van der Waals surface area contributed by atoms with Crippen molar-refractivity contribution >= 4 is 5.69 Å². The Labute approximate surface area is 97.7 Å². The SMILES string of the molecule is CCC(C)CC(O)c1cccc2c1NCC2. The maximum Gasteiger partial charge on any atom is 0.0812 e. The van der Waals surface area contributed by atoms with Gasteiger partial charge in [0.1, 0.15) is 0 Å². The number of aliphatic hydroxyl groups excluding tert-OH is 1. The minimum absolute atomic E-state index is 0.324.